The first-order valence-corrected chi connectivity index (χ1v) is 6.16. The average molecular weight is 270 g/mol. The summed E-state index contributed by atoms with van der Waals surface area (Å²) in [7, 11) is 0. The summed E-state index contributed by atoms with van der Waals surface area (Å²) in [6.07, 6.45) is 0.614. The van der Waals surface area contributed by atoms with Gasteiger partial charge < -0.3 is 0 Å². The van der Waals surface area contributed by atoms with Crippen molar-refractivity contribution >= 4 is 27.8 Å². The molecular weight excluding hydrogens is 259 g/mol. The molecule has 0 aliphatic rings. The highest BCUT2D eigenvalue weighted by Gasteiger charge is 2.18. The van der Waals surface area contributed by atoms with Crippen LogP contribution in [0.4, 0.5) is 4.39 Å². The van der Waals surface area contributed by atoms with E-state index in [4.69, 9.17) is 0 Å². The van der Waals surface area contributed by atoms with Gasteiger partial charge in [-0.25, -0.2) is 9.18 Å². The van der Waals surface area contributed by atoms with E-state index in [1.54, 1.807) is 13.8 Å². The average Bonchev–Trinajstić information content (AvgIpc) is 2.68. The van der Waals surface area contributed by atoms with E-state index in [2.05, 4.69) is 0 Å². The molecule has 2 aromatic heterocycles. The maximum Gasteiger partial charge on any atom is 0.334 e. The van der Waals surface area contributed by atoms with Crippen LogP contribution in [0.15, 0.2) is 9.59 Å². The van der Waals surface area contributed by atoms with Gasteiger partial charge in [-0.15, -0.1) is 11.3 Å². The second-order valence-corrected chi connectivity index (χ2v) is 4.80. The smallest absolute Gasteiger partial charge is 0.297 e. The zero-order chi connectivity index (χ0) is 13.4. The Bertz CT molecular complexity index is 741. The molecule has 18 heavy (non-hydrogen) atoms. The minimum atomic E-state index is -1.02. The fourth-order valence-corrected chi connectivity index (χ4v) is 3.00. The number of carbonyl (C=O) groups excluding carboxylic acids is 1. The summed E-state index contributed by atoms with van der Waals surface area (Å²) in [4.78, 5) is 35.4. The van der Waals surface area contributed by atoms with E-state index in [1.165, 1.54) is 0 Å². The van der Waals surface area contributed by atoms with Crippen molar-refractivity contribution in [2.45, 2.75) is 27.2 Å². The first-order valence-electron chi connectivity index (χ1n) is 5.34. The third-order valence-corrected chi connectivity index (χ3v) is 4.11. The molecule has 0 bridgehead atoms. The summed E-state index contributed by atoms with van der Waals surface area (Å²) in [5, 5.41) is 0.251. The zero-order valence-electron chi connectivity index (χ0n) is 9.90. The van der Waals surface area contributed by atoms with Crippen molar-refractivity contribution in [3.8, 4) is 0 Å². The number of rotatable bonds is 3. The van der Waals surface area contributed by atoms with Crippen molar-refractivity contribution in [2.24, 2.45) is 0 Å². The van der Waals surface area contributed by atoms with Crippen LogP contribution in [0.1, 0.15) is 22.2 Å². The van der Waals surface area contributed by atoms with Gasteiger partial charge in [0, 0.05) is 6.54 Å². The number of halogens is 1. The molecule has 0 amide bonds. The molecule has 0 aliphatic heterocycles. The Hall–Kier alpha value is -1.76. The van der Waals surface area contributed by atoms with E-state index < -0.39 is 18.0 Å². The quantitative estimate of drug-likeness (QED) is 0.790. The van der Waals surface area contributed by atoms with Crippen molar-refractivity contribution in [2.75, 3.05) is 0 Å². The van der Waals surface area contributed by atoms with Crippen LogP contribution < -0.4 is 11.2 Å². The Balaban J connectivity index is 3.12. The molecule has 5 nitrogen and oxygen atoms in total. The van der Waals surface area contributed by atoms with E-state index in [1.807, 2.05) is 0 Å². The number of hydrogen-bond donors (Lipinski definition) is 0. The highest BCUT2D eigenvalue weighted by Crippen LogP contribution is 2.26. The van der Waals surface area contributed by atoms with Crippen molar-refractivity contribution < 1.29 is 9.18 Å². The van der Waals surface area contributed by atoms with Crippen LogP contribution in [0.5, 0.6) is 0 Å². The van der Waals surface area contributed by atoms with Gasteiger partial charge in [-0.05, 0) is 19.4 Å². The number of fused-ring (bicyclic) bond motifs is 1. The van der Waals surface area contributed by atoms with Crippen LogP contribution in [0.3, 0.4) is 0 Å². The van der Waals surface area contributed by atoms with Gasteiger partial charge in [0.25, 0.3) is 5.56 Å². The number of aldehydes is 1. The third kappa shape index (κ3) is 1.54. The lowest BCUT2D eigenvalue weighted by Gasteiger charge is -2.06. The molecule has 2 rings (SSSR count). The highest BCUT2D eigenvalue weighted by molar-refractivity contribution is 7.20. The predicted molar refractivity (Wildman–Crippen MR) is 67.3 cm³/mol. The van der Waals surface area contributed by atoms with Crippen LogP contribution in [0.2, 0.25) is 0 Å². The van der Waals surface area contributed by atoms with Crippen LogP contribution in [-0.2, 0) is 13.3 Å². The summed E-state index contributed by atoms with van der Waals surface area (Å²) >= 11 is 0.964. The first-order chi connectivity index (χ1) is 8.56. The molecule has 0 atom stereocenters. The Morgan fingerprint density at radius 2 is 2.00 bits per heavy atom. The SMILES string of the molecule is CCn1c(=O)c2c(C)c(C=O)sc2n(CF)c1=O. The molecule has 7 heteroatoms. The Morgan fingerprint density at radius 1 is 1.33 bits per heavy atom. The second-order valence-electron chi connectivity index (χ2n) is 3.77. The van der Waals surface area contributed by atoms with E-state index >= 15 is 0 Å². The van der Waals surface area contributed by atoms with E-state index in [-0.39, 0.29) is 16.8 Å². The van der Waals surface area contributed by atoms with Gasteiger partial charge in [-0.3, -0.25) is 18.7 Å². The number of alkyl halides is 1. The molecule has 0 radical (unpaired) electrons. The molecule has 0 aromatic carbocycles. The van der Waals surface area contributed by atoms with Gasteiger partial charge in [0.15, 0.2) is 13.1 Å². The largest absolute Gasteiger partial charge is 0.334 e. The van der Waals surface area contributed by atoms with Gasteiger partial charge in [-0.1, -0.05) is 0 Å². The fourth-order valence-electron chi connectivity index (χ4n) is 1.91. The van der Waals surface area contributed by atoms with E-state index in [9.17, 15) is 18.8 Å². The van der Waals surface area contributed by atoms with Gasteiger partial charge in [0.05, 0.1) is 10.3 Å². The van der Waals surface area contributed by atoms with E-state index in [0.717, 1.165) is 20.5 Å². The van der Waals surface area contributed by atoms with Crippen molar-refractivity contribution in [1.82, 2.24) is 9.13 Å². The van der Waals surface area contributed by atoms with Crippen LogP contribution >= 0.6 is 11.3 Å². The molecule has 0 spiro atoms. The molecule has 0 N–H and O–H groups in total. The molecule has 0 fully saturated rings. The number of thiophene rings is 1. The molecule has 0 unspecified atom stereocenters. The normalized spacial score (nSPS) is 11.1. The number of hydrogen-bond acceptors (Lipinski definition) is 4. The molecule has 96 valence electrons. The predicted octanol–water partition coefficient (Wildman–Crippen LogP) is 1.29. The van der Waals surface area contributed by atoms with Gasteiger partial charge in [0.1, 0.15) is 4.83 Å². The first kappa shape index (κ1) is 12.7. The maximum absolute atomic E-state index is 13.0. The van der Waals surface area contributed by atoms with Gasteiger partial charge in [-0.2, -0.15) is 0 Å². The van der Waals surface area contributed by atoms with Crippen molar-refractivity contribution in [1.29, 1.82) is 0 Å². The summed E-state index contributed by atoms with van der Waals surface area (Å²) in [5.74, 6) is 0. The van der Waals surface area contributed by atoms with Crippen LogP contribution in [0.25, 0.3) is 10.2 Å². The maximum atomic E-state index is 13.0. The Morgan fingerprint density at radius 3 is 2.50 bits per heavy atom. The highest BCUT2D eigenvalue weighted by atomic mass is 32.1. The monoisotopic (exact) mass is 270 g/mol. The standard InChI is InChI=1S/C11H11FN2O3S/c1-3-13-9(16)8-6(2)7(4-15)18-10(8)14(5-12)11(13)17/h4H,3,5H2,1-2H3. The van der Waals surface area contributed by atoms with Crippen molar-refractivity contribution in [3.63, 3.8) is 0 Å². The molecule has 2 aromatic rings. The topological polar surface area (TPSA) is 61.1 Å². The number of carbonyl (C=O) groups is 1. The zero-order valence-corrected chi connectivity index (χ0v) is 10.7. The summed E-state index contributed by atoms with van der Waals surface area (Å²) in [6.45, 7) is 2.41. The lowest BCUT2D eigenvalue weighted by atomic mass is 10.2. The lowest BCUT2D eigenvalue weighted by molar-refractivity contribution is 0.112. The summed E-state index contributed by atoms with van der Waals surface area (Å²) in [6, 6.07) is 0. The van der Waals surface area contributed by atoms with E-state index in [0.29, 0.717) is 16.7 Å². The minimum Gasteiger partial charge on any atom is -0.297 e. The molecule has 0 aliphatic carbocycles. The molecule has 0 saturated heterocycles. The van der Waals surface area contributed by atoms with Gasteiger partial charge in [0.2, 0.25) is 0 Å². The minimum absolute atomic E-state index is 0.166. The molecule has 2 heterocycles. The number of aromatic nitrogens is 2. The van der Waals surface area contributed by atoms with Gasteiger partial charge >= 0.3 is 5.69 Å². The second kappa shape index (κ2) is 4.49. The molecule has 0 saturated carbocycles. The lowest BCUT2D eigenvalue weighted by Crippen LogP contribution is -2.38. The number of nitrogens with zero attached hydrogens (tertiary/aromatic N) is 2. The fraction of sp³-hybridized carbons (Fsp3) is 0.364. The van der Waals surface area contributed by atoms with Crippen LogP contribution in [-0.4, -0.2) is 15.4 Å². The van der Waals surface area contributed by atoms with Crippen LogP contribution in [0, 0.1) is 6.92 Å². The van der Waals surface area contributed by atoms with Crippen molar-refractivity contribution in [3.05, 3.63) is 31.3 Å². The third-order valence-electron chi connectivity index (χ3n) is 2.87. The number of aryl methyl sites for hydroxylation is 1. The summed E-state index contributed by atoms with van der Waals surface area (Å²) < 4.78 is 14.8. The summed E-state index contributed by atoms with van der Waals surface area (Å²) in [5.41, 5.74) is -0.653. The molecular formula is C11H11FN2O3S. The Kier molecular flexibility index (Phi) is 3.16. The Labute approximate surface area is 105 Å².